The molecule has 1 aliphatic carbocycles. The van der Waals surface area contributed by atoms with Crippen LogP contribution >= 0.6 is 11.3 Å². The molecule has 2 fully saturated rings. The number of rotatable bonds is 2. The first-order chi connectivity index (χ1) is 8.82. The van der Waals surface area contributed by atoms with E-state index in [1.807, 2.05) is 39.1 Å². The van der Waals surface area contributed by atoms with Crippen LogP contribution in [-0.4, -0.2) is 24.1 Å². The normalized spacial score (nSPS) is 32.4. The molecular formula is C14H19BO3S. The zero-order valence-corrected chi connectivity index (χ0v) is 12.6. The van der Waals surface area contributed by atoms with Gasteiger partial charge in [0.25, 0.3) is 0 Å². The van der Waals surface area contributed by atoms with Crippen molar-refractivity contribution >= 4 is 24.2 Å². The standard InChI is InChI=1S/C14H19BO3S/c1-13(2)14(3,4)18-15(17-13)10-7-11(16)12(10)9-5-6-19-8-9/h5-6,8,10,12H,7H2,1-4H3. The summed E-state index contributed by atoms with van der Waals surface area (Å²) in [6.45, 7) is 8.19. The highest BCUT2D eigenvalue weighted by atomic mass is 32.1. The summed E-state index contributed by atoms with van der Waals surface area (Å²) in [4.78, 5) is 11.9. The molecule has 2 unspecified atom stereocenters. The third kappa shape index (κ3) is 1.99. The van der Waals surface area contributed by atoms with Crippen molar-refractivity contribution in [3.8, 4) is 0 Å². The summed E-state index contributed by atoms with van der Waals surface area (Å²) in [5.41, 5.74) is 0.464. The summed E-state index contributed by atoms with van der Waals surface area (Å²) in [6.07, 6.45) is 0.567. The second kappa shape index (κ2) is 4.17. The Morgan fingerprint density at radius 1 is 1.26 bits per heavy atom. The maximum absolute atomic E-state index is 11.9. The largest absolute Gasteiger partial charge is 0.462 e. The van der Waals surface area contributed by atoms with E-state index in [1.54, 1.807) is 11.3 Å². The number of ketones is 1. The Hall–Kier alpha value is -0.645. The lowest BCUT2D eigenvalue weighted by Crippen LogP contribution is -2.41. The summed E-state index contributed by atoms with van der Waals surface area (Å²) >= 11 is 1.63. The van der Waals surface area contributed by atoms with Crippen molar-refractivity contribution in [1.82, 2.24) is 0 Å². The molecular weight excluding hydrogens is 259 g/mol. The lowest BCUT2D eigenvalue weighted by molar-refractivity contribution is -0.126. The van der Waals surface area contributed by atoms with Crippen molar-refractivity contribution in [3.05, 3.63) is 22.4 Å². The molecule has 0 N–H and O–H groups in total. The lowest BCUT2D eigenvalue weighted by atomic mass is 9.52. The second-order valence-corrected chi connectivity index (χ2v) is 7.27. The first kappa shape index (κ1) is 13.3. The fourth-order valence-electron chi connectivity index (χ4n) is 2.76. The van der Waals surface area contributed by atoms with Gasteiger partial charge in [-0.15, -0.1) is 0 Å². The molecule has 5 heteroatoms. The molecule has 0 aromatic carbocycles. The van der Waals surface area contributed by atoms with E-state index in [-0.39, 0.29) is 30.1 Å². The van der Waals surface area contributed by atoms with E-state index in [2.05, 4.69) is 5.38 Å². The Morgan fingerprint density at radius 2 is 1.89 bits per heavy atom. The maximum atomic E-state index is 11.9. The highest BCUT2D eigenvalue weighted by molar-refractivity contribution is 7.08. The van der Waals surface area contributed by atoms with Crippen LogP contribution in [0.3, 0.4) is 0 Å². The van der Waals surface area contributed by atoms with Crippen LogP contribution < -0.4 is 0 Å². The molecule has 3 rings (SSSR count). The molecule has 3 nitrogen and oxygen atoms in total. The molecule has 1 saturated carbocycles. The van der Waals surface area contributed by atoms with E-state index in [9.17, 15) is 4.79 Å². The Kier molecular flexibility index (Phi) is 2.93. The van der Waals surface area contributed by atoms with Crippen molar-refractivity contribution in [2.45, 2.75) is 57.1 Å². The Labute approximate surface area is 118 Å². The summed E-state index contributed by atoms with van der Waals surface area (Å²) in [5, 5.41) is 4.07. The van der Waals surface area contributed by atoms with Crippen LogP contribution in [0.4, 0.5) is 0 Å². The molecule has 1 saturated heterocycles. The summed E-state index contributed by atoms with van der Waals surface area (Å²) in [7, 11) is -0.271. The minimum Gasteiger partial charge on any atom is -0.403 e. The van der Waals surface area contributed by atoms with Crippen molar-refractivity contribution < 1.29 is 14.1 Å². The van der Waals surface area contributed by atoms with Crippen molar-refractivity contribution in [2.75, 3.05) is 0 Å². The number of hydrogen-bond acceptors (Lipinski definition) is 4. The summed E-state index contributed by atoms with van der Waals surface area (Å²) in [6, 6.07) is 2.03. The number of carbonyl (C=O) groups excluding carboxylic acids is 1. The molecule has 0 bridgehead atoms. The topological polar surface area (TPSA) is 35.5 Å². The van der Waals surface area contributed by atoms with Crippen LogP contribution in [0.15, 0.2) is 16.8 Å². The Bertz CT molecular complexity index is 479. The molecule has 2 aliphatic rings. The smallest absolute Gasteiger partial charge is 0.403 e. The van der Waals surface area contributed by atoms with Crippen LogP contribution in [0.2, 0.25) is 5.82 Å². The molecule has 2 heterocycles. The summed E-state index contributed by atoms with van der Waals surface area (Å²) in [5.74, 6) is 0.419. The monoisotopic (exact) mass is 278 g/mol. The number of carbonyl (C=O) groups is 1. The van der Waals surface area contributed by atoms with E-state index in [1.165, 1.54) is 0 Å². The van der Waals surface area contributed by atoms with Crippen LogP contribution in [-0.2, 0) is 14.1 Å². The molecule has 1 aliphatic heterocycles. The minimum atomic E-state index is -0.324. The van der Waals surface area contributed by atoms with E-state index in [0.29, 0.717) is 12.2 Å². The van der Waals surface area contributed by atoms with Gasteiger partial charge >= 0.3 is 7.12 Å². The second-order valence-electron chi connectivity index (χ2n) is 6.49. The average molecular weight is 278 g/mol. The molecule has 1 aromatic heterocycles. The lowest BCUT2D eigenvalue weighted by Gasteiger charge is -2.35. The third-order valence-corrected chi connectivity index (χ3v) is 5.44. The van der Waals surface area contributed by atoms with E-state index >= 15 is 0 Å². The quantitative estimate of drug-likeness (QED) is 0.779. The predicted octanol–water partition coefficient (Wildman–Crippen LogP) is 3.27. The molecule has 102 valence electrons. The van der Waals surface area contributed by atoms with Gasteiger partial charge in [0.15, 0.2) is 0 Å². The first-order valence-electron chi connectivity index (χ1n) is 6.72. The van der Waals surface area contributed by atoms with Crippen LogP contribution in [0.5, 0.6) is 0 Å². The van der Waals surface area contributed by atoms with Crippen molar-refractivity contribution in [2.24, 2.45) is 0 Å². The molecule has 2 atom stereocenters. The highest BCUT2D eigenvalue weighted by Crippen LogP contribution is 2.51. The molecule has 19 heavy (non-hydrogen) atoms. The predicted molar refractivity (Wildman–Crippen MR) is 76.5 cm³/mol. The maximum Gasteiger partial charge on any atom is 0.462 e. The Balaban J connectivity index is 1.80. The van der Waals surface area contributed by atoms with Crippen molar-refractivity contribution in [3.63, 3.8) is 0 Å². The fourth-order valence-corrected chi connectivity index (χ4v) is 3.45. The Morgan fingerprint density at radius 3 is 2.37 bits per heavy atom. The van der Waals surface area contributed by atoms with Gasteiger partial charge in [-0.25, -0.2) is 0 Å². The van der Waals surface area contributed by atoms with Crippen molar-refractivity contribution in [1.29, 1.82) is 0 Å². The third-order valence-electron chi connectivity index (χ3n) is 4.74. The van der Waals surface area contributed by atoms with Gasteiger partial charge < -0.3 is 9.31 Å². The van der Waals surface area contributed by atoms with E-state index in [4.69, 9.17) is 9.31 Å². The highest BCUT2D eigenvalue weighted by Gasteiger charge is 2.59. The van der Waals surface area contributed by atoms with Gasteiger partial charge in [-0.2, -0.15) is 11.3 Å². The van der Waals surface area contributed by atoms with Gasteiger partial charge in [0.1, 0.15) is 5.78 Å². The number of hydrogen-bond donors (Lipinski definition) is 0. The molecule has 0 spiro atoms. The van der Waals surface area contributed by atoms with Gasteiger partial charge in [-0.1, -0.05) is 0 Å². The fraction of sp³-hybridized carbons (Fsp3) is 0.643. The number of Topliss-reactive ketones (excluding diaryl/α,β-unsaturated/α-hetero) is 1. The first-order valence-corrected chi connectivity index (χ1v) is 7.66. The van der Waals surface area contributed by atoms with Gasteiger partial charge in [-0.3, -0.25) is 4.79 Å². The average Bonchev–Trinajstić information content (AvgIpc) is 2.83. The van der Waals surface area contributed by atoms with Crippen LogP contribution in [0, 0.1) is 0 Å². The zero-order chi connectivity index (χ0) is 13.8. The van der Waals surface area contributed by atoms with Crippen LogP contribution in [0.25, 0.3) is 0 Å². The van der Waals surface area contributed by atoms with Gasteiger partial charge in [-0.05, 0) is 50.1 Å². The van der Waals surface area contributed by atoms with Crippen LogP contribution in [0.1, 0.15) is 45.6 Å². The zero-order valence-electron chi connectivity index (χ0n) is 11.8. The van der Waals surface area contributed by atoms with Gasteiger partial charge in [0.05, 0.1) is 11.2 Å². The SMILES string of the molecule is CC1(C)OB(C2CC(=O)C2c2ccsc2)OC1(C)C. The van der Waals surface area contributed by atoms with E-state index in [0.717, 1.165) is 5.56 Å². The van der Waals surface area contributed by atoms with E-state index < -0.39 is 0 Å². The van der Waals surface area contributed by atoms with Gasteiger partial charge in [0, 0.05) is 18.2 Å². The molecule has 0 amide bonds. The van der Waals surface area contributed by atoms with Gasteiger partial charge in [0.2, 0.25) is 0 Å². The summed E-state index contributed by atoms with van der Waals surface area (Å²) < 4.78 is 12.1. The number of thiophene rings is 1. The minimum absolute atomic E-state index is 0.0408. The molecule has 0 radical (unpaired) electrons. The molecule has 1 aromatic rings.